The number of rotatable bonds is 6. The summed E-state index contributed by atoms with van der Waals surface area (Å²) in [6, 6.07) is 7.64. The van der Waals surface area contributed by atoms with Crippen LogP contribution in [0.15, 0.2) is 24.3 Å². The van der Waals surface area contributed by atoms with Gasteiger partial charge in [0, 0.05) is 12.6 Å². The molecule has 4 nitrogen and oxygen atoms in total. The first-order valence-corrected chi connectivity index (χ1v) is 7.85. The minimum atomic E-state index is -1.44. The molecule has 0 aromatic heterocycles. The van der Waals surface area contributed by atoms with Gasteiger partial charge in [-0.2, -0.15) is 0 Å². The maximum atomic E-state index is 9.15. The van der Waals surface area contributed by atoms with Crippen LogP contribution in [0.1, 0.15) is 32.6 Å². The Balaban J connectivity index is 1.75. The van der Waals surface area contributed by atoms with Crippen LogP contribution >= 0.6 is 0 Å². The van der Waals surface area contributed by atoms with E-state index >= 15 is 0 Å². The van der Waals surface area contributed by atoms with Gasteiger partial charge < -0.3 is 19.7 Å². The average molecular weight is 291 g/mol. The van der Waals surface area contributed by atoms with Crippen LogP contribution < -0.4 is 10.2 Å². The molecule has 0 spiro atoms. The van der Waals surface area contributed by atoms with Crippen LogP contribution in [0, 0.1) is 5.92 Å². The molecule has 1 fully saturated rings. The van der Waals surface area contributed by atoms with Crippen LogP contribution in [0.5, 0.6) is 5.75 Å². The van der Waals surface area contributed by atoms with E-state index in [0.29, 0.717) is 23.9 Å². The third-order valence-electron chi connectivity index (χ3n) is 4.48. The van der Waals surface area contributed by atoms with Gasteiger partial charge in [-0.05, 0) is 56.2 Å². The highest BCUT2D eigenvalue weighted by Crippen LogP contribution is 2.26. The number of nitrogens with zero attached hydrogens (tertiary/aromatic N) is 1. The molecule has 0 amide bonds. The van der Waals surface area contributed by atoms with E-state index in [9.17, 15) is 0 Å². The van der Waals surface area contributed by atoms with Crippen molar-refractivity contribution in [2.75, 3.05) is 20.2 Å². The van der Waals surface area contributed by atoms with Crippen molar-refractivity contribution in [3.63, 3.8) is 0 Å². The lowest BCUT2D eigenvalue weighted by atomic mass is 9.80. The summed E-state index contributed by atoms with van der Waals surface area (Å²) in [5.41, 5.74) is 0.460. The third-order valence-corrected chi connectivity index (χ3v) is 4.48. The molecule has 116 valence electrons. The number of hydrogen-bond donors (Lipinski definition) is 2. The zero-order valence-electron chi connectivity index (χ0n) is 13.0. The highest BCUT2D eigenvalue weighted by atomic mass is 16.5. The van der Waals surface area contributed by atoms with E-state index in [0.717, 1.165) is 12.5 Å². The van der Waals surface area contributed by atoms with Crippen LogP contribution in [0.3, 0.4) is 0 Å². The molecule has 0 heterocycles. The quantitative estimate of drug-likeness (QED) is 0.775. The summed E-state index contributed by atoms with van der Waals surface area (Å²) < 4.78 is 5.72. The molecule has 1 saturated carbocycles. The molecule has 1 aromatic carbocycles. The van der Waals surface area contributed by atoms with E-state index < -0.39 is 7.12 Å². The monoisotopic (exact) mass is 291 g/mol. The fourth-order valence-electron chi connectivity index (χ4n) is 2.94. The first-order chi connectivity index (χ1) is 10.1. The summed E-state index contributed by atoms with van der Waals surface area (Å²) in [4.78, 5) is 2.39. The van der Waals surface area contributed by atoms with Gasteiger partial charge in [0.2, 0.25) is 0 Å². The van der Waals surface area contributed by atoms with Gasteiger partial charge in [-0.15, -0.1) is 0 Å². The van der Waals surface area contributed by atoms with Crippen molar-refractivity contribution in [3.8, 4) is 5.75 Å². The summed E-state index contributed by atoms with van der Waals surface area (Å²) in [5, 5.41) is 18.3. The number of likely N-dealkylation sites (N-methyl/N-ethyl adjacent to an activating group) is 1. The molecule has 0 atom stereocenters. The summed E-state index contributed by atoms with van der Waals surface area (Å²) in [6.07, 6.45) is 5.21. The van der Waals surface area contributed by atoms with Crippen molar-refractivity contribution in [2.45, 2.75) is 38.6 Å². The number of ether oxygens (including phenoxy) is 1. The summed E-state index contributed by atoms with van der Waals surface area (Å²) in [5.74, 6) is 1.56. The van der Waals surface area contributed by atoms with E-state index in [2.05, 4.69) is 18.9 Å². The van der Waals surface area contributed by atoms with Crippen LogP contribution in [0.25, 0.3) is 0 Å². The van der Waals surface area contributed by atoms with Crippen molar-refractivity contribution in [1.82, 2.24) is 4.90 Å². The zero-order chi connectivity index (χ0) is 15.2. The fourth-order valence-corrected chi connectivity index (χ4v) is 2.94. The van der Waals surface area contributed by atoms with E-state index in [-0.39, 0.29) is 0 Å². The SMILES string of the molecule is CC1CCC(N(C)CCOc2cccc(B(O)O)c2)CC1. The van der Waals surface area contributed by atoms with Crippen molar-refractivity contribution >= 4 is 12.6 Å². The summed E-state index contributed by atoms with van der Waals surface area (Å²) >= 11 is 0. The largest absolute Gasteiger partial charge is 0.492 e. The molecule has 0 saturated heterocycles. The standard InChI is InChI=1S/C16H26BNO3/c1-13-6-8-15(9-7-13)18(2)10-11-21-16-5-3-4-14(12-16)17(19)20/h3-5,12-13,15,19-20H,6-11H2,1-2H3. The maximum Gasteiger partial charge on any atom is 0.488 e. The van der Waals surface area contributed by atoms with Gasteiger partial charge >= 0.3 is 7.12 Å². The fraction of sp³-hybridized carbons (Fsp3) is 0.625. The molecule has 2 N–H and O–H groups in total. The third kappa shape index (κ3) is 5.02. The Morgan fingerprint density at radius 2 is 1.95 bits per heavy atom. The van der Waals surface area contributed by atoms with E-state index in [1.165, 1.54) is 25.7 Å². The molecule has 1 aromatic rings. The van der Waals surface area contributed by atoms with Crippen molar-refractivity contribution < 1.29 is 14.8 Å². The van der Waals surface area contributed by atoms with Gasteiger partial charge in [-0.1, -0.05) is 19.1 Å². The van der Waals surface area contributed by atoms with Crippen LogP contribution in [0.2, 0.25) is 0 Å². The van der Waals surface area contributed by atoms with Crippen LogP contribution in [0.4, 0.5) is 0 Å². The molecule has 2 rings (SSSR count). The molecule has 1 aliphatic carbocycles. The Hall–Kier alpha value is -1.04. The minimum Gasteiger partial charge on any atom is -0.492 e. The van der Waals surface area contributed by atoms with Crippen LogP contribution in [-0.4, -0.2) is 48.3 Å². The van der Waals surface area contributed by atoms with E-state index in [1.807, 2.05) is 6.07 Å². The molecular weight excluding hydrogens is 265 g/mol. The Bertz CT molecular complexity index is 433. The van der Waals surface area contributed by atoms with Crippen molar-refractivity contribution in [3.05, 3.63) is 24.3 Å². The number of hydrogen-bond acceptors (Lipinski definition) is 4. The zero-order valence-corrected chi connectivity index (χ0v) is 13.0. The molecule has 0 bridgehead atoms. The Morgan fingerprint density at radius 3 is 2.62 bits per heavy atom. The lowest BCUT2D eigenvalue weighted by Crippen LogP contribution is -2.37. The van der Waals surface area contributed by atoms with E-state index in [1.54, 1.807) is 18.2 Å². The molecule has 0 unspecified atom stereocenters. The van der Waals surface area contributed by atoms with Gasteiger partial charge in [0.25, 0.3) is 0 Å². The molecule has 1 aliphatic rings. The second-order valence-corrected chi connectivity index (χ2v) is 6.19. The summed E-state index contributed by atoms with van der Waals surface area (Å²) in [7, 11) is 0.721. The first kappa shape index (κ1) is 16.3. The van der Waals surface area contributed by atoms with Gasteiger partial charge in [0.05, 0.1) is 0 Å². The first-order valence-electron chi connectivity index (χ1n) is 7.85. The Kier molecular flexibility index (Phi) is 6.09. The highest BCUT2D eigenvalue weighted by molar-refractivity contribution is 6.58. The topological polar surface area (TPSA) is 52.9 Å². The minimum absolute atomic E-state index is 0.460. The normalized spacial score (nSPS) is 22.3. The Morgan fingerprint density at radius 1 is 1.24 bits per heavy atom. The van der Waals surface area contributed by atoms with Crippen molar-refractivity contribution in [1.29, 1.82) is 0 Å². The molecule has 0 aliphatic heterocycles. The Labute approximate surface area is 127 Å². The van der Waals surface area contributed by atoms with Crippen molar-refractivity contribution in [2.24, 2.45) is 5.92 Å². The maximum absolute atomic E-state index is 9.15. The average Bonchev–Trinajstić information content (AvgIpc) is 2.48. The predicted octanol–water partition coefficient (Wildman–Crippen LogP) is 1.26. The molecule has 0 radical (unpaired) electrons. The van der Waals surface area contributed by atoms with Crippen LogP contribution in [-0.2, 0) is 0 Å². The predicted molar refractivity (Wildman–Crippen MR) is 85.8 cm³/mol. The molecule has 5 heteroatoms. The second-order valence-electron chi connectivity index (χ2n) is 6.19. The lowest BCUT2D eigenvalue weighted by molar-refractivity contribution is 0.145. The molecular formula is C16H26BNO3. The molecule has 21 heavy (non-hydrogen) atoms. The van der Waals surface area contributed by atoms with Gasteiger partial charge in [0.15, 0.2) is 0 Å². The van der Waals surface area contributed by atoms with Gasteiger partial charge in [-0.25, -0.2) is 0 Å². The van der Waals surface area contributed by atoms with Gasteiger partial charge in [0.1, 0.15) is 12.4 Å². The van der Waals surface area contributed by atoms with E-state index in [4.69, 9.17) is 14.8 Å². The highest BCUT2D eigenvalue weighted by Gasteiger charge is 2.21. The lowest BCUT2D eigenvalue weighted by Gasteiger charge is -2.33. The summed E-state index contributed by atoms with van der Waals surface area (Å²) in [6.45, 7) is 3.85. The van der Waals surface area contributed by atoms with Gasteiger partial charge in [-0.3, -0.25) is 0 Å². The smallest absolute Gasteiger partial charge is 0.488 e. The number of benzene rings is 1. The second kappa shape index (κ2) is 7.83.